The van der Waals surface area contributed by atoms with E-state index in [2.05, 4.69) is 39.9 Å². The van der Waals surface area contributed by atoms with Crippen LogP contribution < -0.4 is 0 Å². The van der Waals surface area contributed by atoms with Gasteiger partial charge in [0.15, 0.2) is 0 Å². The Bertz CT molecular complexity index is 160. The first-order valence-corrected chi connectivity index (χ1v) is 7.71. The van der Waals surface area contributed by atoms with Gasteiger partial charge in [-0.2, -0.15) is 0 Å². The Balaban J connectivity index is 3.68. The average Bonchev–Trinajstić information content (AvgIpc) is 2.00. The Morgan fingerprint density at radius 1 is 1.23 bits per heavy atom. The SMILES string of the molecule is CCCO[Si](C)(C)OCC=C(C)C. The van der Waals surface area contributed by atoms with Crippen molar-refractivity contribution in [2.45, 2.75) is 40.3 Å². The van der Waals surface area contributed by atoms with Gasteiger partial charge in [0.25, 0.3) is 0 Å². The Morgan fingerprint density at radius 3 is 2.31 bits per heavy atom. The molecule has 0 aromatic heterocycles. The Labute approximate surface area is 83.2 Å². The van der Waals surface area contributed by atoms with Crippen LogP contribution >= 0.6 is 0 Å². The van der Waals surface area contributed by atoms with E-state index in [1.165, 1.54) is 5.57 Å². The smallest absolute Gasteiger partial charge is 0.331 e. The van der Waals surface area contributed by atoms with Crippen LogP contribution in [0.5, 0.6) is 0 Å². The topological polar surface area (TPSA) is 18.5 Å². The molecular formula is C10H22O2Si. The minimum Gasteiger partial charge on any atom is -0.395 e. The van der Waals surface area contributed by atoms with Crippen molar-refractivity contribution in [3.63, 3.8) is 0 Å². The first kappa shape index (κ1) is 12.9. The summed E-state index contributed by atoms with van der Waals surface area (Å²) in [4.78, 5) is 0. The average molecular weight is 202 g/mol. The Kier molecular flexibility index (Phi) is 6.29. The van der Waals surface area contributed by atoms with Crippen LogP contribution in [0.25, 0.3) is 0 Å². The Morgan fingerprint density at radius 2 is 1.85 bits per heavy atom. The number of allylic oxidation sites excluding steroid dienone is 1. The number of hydrogen-bond acceptors (Lipinski definition) is 2. The van der Waals surface area contributed by atoms with Gasteiger partial charge in [-0.05, 0) is 33.4 Å². The van der Waals surface area contributed by atoms with E-state index in [0.29, 0.717) is 6.61 Å². The molecule has 0 bridgehead atoms. The molecule has 0 saturated carbocycles. The maximum atomic E-state index is 5.68. The molecule has 2 nitrogen and oxygen atoms in total. The lowest BCUT2D eigenvalue weighted by Crippen LogP contribution is -2.35. The van der Waals surface area contributed by atoms with E-state index < -0.39 is 8.56 Å². The van der Waals surface area contributed by atoms with Gasteiger partial charge in [-0.3, -0.25) is 0 Å². The van der Waals surface area contributed by atoms with Crippen LogP contribution in [0.3, 0.4) is 0 Å². The third kappa shape index (κ3) is 8.21. The summed E-state index contributed by atoms with van der Waals surface area (Å²) >= 11 is 0. The molecule has 0 saturated heterocycles. The van der Waals surface area contributed by atoms with Crippen molar-refractivity contribution >= 4 is 8.56 Å². The molecule has 0 aliphatic rings. The standard InChI is InChI=1S/C10H22O2Si/c1-6-8-11-13(4,5)12-9-7-10(2)3/h7H,6,8-9H2,1-5H3. The lowest BCUT2D eigenvalue weighted by atomic mass is 10.3. The van der Waals surface area contributed by atoms with Crippen LogP contribution in [0.4, 0.5) is 0 Å². The third-order valence-corrected chi connectivity index (χ3v) is 3.34. The first-order valence-electron chi connectivity index (χ1n) is 4.89. The minimum atomic E-state index is -1.84. The fourth-order valence-corrected chi connectivity index (χ4v) is 2.06. The van der Waals surface area contributed by atoms with Crippen molar-refractivity contribution in [1.82, 2.24) is 0 Å². The summed E-state index contributed by atoms with van der Waals surface area (Å²) in [5, 5.41) is 0. The quantitative estimate of drug-likeness (QED) is 0.487. The lowest BCUT2D eigenvalue weighted by Gasteiger charge is -2.21. The number of rotatable bonds is 6. The van der Waals surface area contributed by atoms with E-state index >= 15 is 0 Å². The van der Waals surface area contributed by atoms with E-state index in [4.69, 9.17) is 8.85 Å². The van der Waals surface area contributed by atoms with Crippen LogP contribution in [-0.4, -0.2) is 21.8 Å². The lowest BCUT2D eigenvalue weighted by molar-refractivity contribution is 0.195. The molecular weight excluding hydrogens is 180 g/mol. The van der Waals surface area contributed by atoms with Gasteiger partial charge in [0.05, 0.1) is 6.61 Å². The fraction of sp³-hybridized carbons (Fsp3) is 0.800. The van der Waals surface area contributed by atoms with Crippen molar-refractivity contribution in [1.29, 1.82) is 0 Å². The van der Waals surface area contributed by atoms with Crippen molar-refractivity contribution in [2.75, 3.05) is 13.2 Å². The highest BCUT2D eigenvalue weighted by Crippen LogP contribution is 2.07. The predicted octanol–water partition coefficient (Wildman–Crippen LogP) is 3.10. The molecule has 0 heterocycles. The molecule has 0 radical (unpaired) electrons. The van der Waals surface area contributed by atoms with Gasteiger partial charge in [-0.15, -0.1) is 0 Å². The maximum absolute atomic E-state index is 5.68. The second-order valence-corrected chi connectivity index (χ2v) is 7.22. The van der Waals surface area contributed by atoms with E-state index in [1.54, 1.807) is 0 Å². The highest BCUT2D eigenvalue weighted by Gasteiger charge is 2.23. The highest BCUT2D eigenvalue weighted by molar-refractivity contribution is 6.64. The summed E-state index contributed by atoms with van der Waals surface area (Å²) in [6, 6.07) is 0. The predicted molar refractivity (Wildman–Crippen MR) is 59.1 cm³/mol. The zero-order valence-electron chi connectivity index (χ0n) is 9.52. The largest absolute Gasteiger partial charge is 0.395 e. The van der Waals surface area contributed by atoms with Crippen molar-refractivity contribution in [3.8, 4) is 0 Å². The molecule has 0 fully saturated rings. The monoisotopic (exact) mass is 202 g/mol. The molecule has 0 amide bonds. The Hall–Kier alpha value is -0.123. The van der Waals surface area contributed by atoms with E-state index in [0.717, 1.165) is 13.0 Å². The van der Waals surface area contributed by atoms with E-state index in [1.807, 2.05) is 0 Å². The van der Waals surface area contributed by atoms with Crippen LogP contribution in [0.15, 0.2) is 11.6 Å². The molecule has 0 aromatic rings. The molecule has 0 aliphatic carbocycles. The molecule has 0 atom stereocenters. The molecule has 0 N–H and O–H groups in total. The molecule has 0 spiro atoms. The summed E-state index contributed by atoms with van der Waals surface area (Å²) in [7, 11) is -1.84. The third-order valence-electron chi connectivity index (χ3n) is 1.58. The maximum Gasteiger partial charge on any atom is 0.331 e. The fourth-order valence-electron chi connectivity index (χ4n) is 0.799. The molecule has 3 heteroatoms. The first-order chi connectivity index (χ1) is 5.98. The van der Waals surface area contributed by atoms with Crippen LogP contribution in [-0.2, 0) is 8.85 Å². The summed E-state index contributed by atoms with van der Waals surface area (Å²) in [6.45, 7) is 11.9. The van der Waals surface area contributed by atoms with Crippen LogP contribution in [0, 0.1) is 0 Å². The second kappa shape index (κ2) is 6.35. The molecule has 0 aromatic carbocycles. The van der Waals surface area contributed by atoms with Crippen LogP contribution in [0.1, 0.15) is 27.2 Å². The summed E-state index contributed by atoms with van der Waals surface area (Å²) in [6.07, 6.45) is 3.15. The van der Waals surface area contributed by atoms with E-state index in [-0.39, 0.29) is 0 Å². The zero-order valence-corrected chi connectivity index (χ0v) is 10.5. The molecule has 0 rings (SSSR count). The van der Waals surface area contributed by atoms with Gasteiger partial charge < -0.3 is 8.85 Å². The highest BCUT2D eigenvalue weighted by atomic mass is 28.4. The normalized spacial score (nSPS) is 11.5. The van der Waals surface area contributed by atoms with Gasteiger partial charge in [0.2, 0.25) is 0 Å². The molecule has 0 unspecified atom stereocenters. The molecule has 0 aliphatic heterocycles. The van der Waals surface area contributed by atoms with Gasteiger partial charge >= 0.3 is 8.56 Å². The second-order valence-electron chi connectivity index (χ2n) is 3.84. The molecule has 78 valence electrons. The van der Waals surface area contributed by atoms with E-state index in [9.17, 15) is 0 Å². The minimum absolute atomic E-state index is 0.686. The summed E-state index contributed by atoms with van der Waals surface area (Å²) in [5.74, 6) is 0. The van der Waals surface area contributed by atoms with Gasteiger partial charge in [-0.1, -0.05) is 18.6 Å². The van der Waals surface area contributed by atoms with Crippen LogP contribution in [0.2, 0.25) is 13.1 Å². The zero-order chi connectivity index (χ0) is 10.3. The van der Waals surface area contributed by atoms with Gasteiger partial charge in [0, 0.05) is 6.61 Å². The van der Waals surface area contributed by atoms with Crippen molar-refractivity contribution in [3.05, 3.63) is 11.6 Å². The number of hydrogen-bond donors (Lipinski definition) is 0. The van der Waals surface area contributed by atoms with Gasteiger partial charge in [0.1, 0.15) is 0 Å². The van der Waals surface area contributed by atoms with Crippen molar-refractivity contribution in [2.24, 2.45) is 0 Å². The summed E-state index contributed by atoms with van der Waals surface area (Å²) < 4.78 is 11.3. The summed E-state index contributed by atoms with van der Waals surface area (Å²) in [5.41, 5.74) is 1.29. The van der Waals surface area contributed by atoms with Crippen molar-refractivity contribution < 1.29 is 8.85 Å². The van der Waals surface area contributed by atoms with Gasteiger partial charge in [-0.25, -0.2) is 0 Å². The molecule has 13 heavy (non-hydrogen) atoms.